The monoisotopic (exact) mass is 408 g/mol. The lowest BCUT2D eigenvalue weighted by molar-refractivity contribution is -0.165. The zero-order chi connectivity index (χ0) is 20.3. The Morgan fingerprint density at radius 2 is 1.46 bits per heavy atom. The third-order valence-electron chi connectivity index (χ3n) is 3.88. The first-order valence-electron chi connectivity index (χ1n) is 8.84. The van der Waals surface area contributed by atoms with Gasteiger partial charge in [-0.1, -0.05) is 45.4 Å². The molecule has 0 fully saturated rings. The lowest BCUT2D eigenvalue weighted by atomic mass is 10.1. The molecule has 0 aromatic heterocycles. The van der Waals surface area contributed by atoms with Gasteiger partial charge in [-0.15, -0.1) is 0 Å². The topological polar surface area (TPSA) is 80.7 Å². The van der Waals surface area contributed by atoms with Crippen molar-refractivity contribution in [2.75, 3.05) is 6.61 Å². The van der Waals surface area contributed by atoms with Gasteiger partial charge in [-0.2, -0.15) is 26.0 Å². The van der Waals surface area contributed by atoms with Gasteiger partial charge in [0.2, 0.25) is 0 Å². The van der Waals surface area contributed by atoms with Crippen molar-refractivity contribution in [3.8, 4) is 0 Å². The van der Waals surface area contributed by atoms with Gasteiger partial charge < -0.3 is 4.74 Å². The van der Waals surface area contributed by atoms with Crippen LogP contribution in [0.2, 0.25) is 0 Å². The molecule has 0 atom stereocenters. The van der Waals surface area contributed by atoms with E-state index < -0.39 is 40.1 Å². The summed E-state index contributed by atoms with van der Waals surface area (Å²) in [6, 6.07) is 0. The van der Waals surface area contributed by atoms with Crippen molar-refractivity contribution in [3.05, 3.63) is 0 Å². The number of unbranched alkanes of at least 4 members (excludes halogenated alkanes) is 7. The minimum Gasteiger partial charge on any atom is -0.466 e. The van der Waals surface area contributed by atoms with Crippen molar-refractivity contribution >= 4 is 16.1 Å². The van der Waals surface area contributed by atoms with Gasteiger partial charge in [-0.25, -0.2) is 0 Å². The molecule has 0 amide bonds. The number of halogens is 4. The molecule has 5 nitrogen and oxygen atoms in total. The molecule has 26 heavy (non-hydrogen) atoms. The number of esters is 1. The Bertz CT molecular complexity index is 509. The summed E-state index contributed by atoms with van der Waals surface area (Å²) in [5, 5.41) is -5.55. The Balaban J connectivity index is 3.84. The summed E-state index contributed by atoms with van der Waals surface area (Å²) >= 11 is 0. The Hall–Kier alpha value is -0.900. The number of ether oxygens (including phenoxy) is 1. The maximum Gasteiger partial charge on any atom is 0.431 e. The van der Waals surface area contributed by atoms with Crippen molar-refractivity contribution in [1.82, 2.24) is 0 Å². The van der Waals surface area contributed by atoms with E-state index in [1.165, 1.54) is 12.8 Å². The van der Waals surface area contributed by atoms with Gasteiger partial charge in [0, 0.05) is 12.8 Å². The highest BCUT2D eigenvalue weighted by molar-refractivity contribution is 7.87. The first-order chi connectivity index (χ1) is 12.0. The average molecular weight is 408 g/mol. The molecule has 0 aliphatic heterocycles. The summed E-state index contributed by atoms with van der Waals surface area (Å²) in [5.74, 6) is -5.38. The van der Waals surface area contributed by atoms with E-state index in [4.69, 9.17) is 9.29 Å². The van der Waals surface area contributed by atoms with Crippen LogP contribution in [-0.2, 0) is 19.6 Å². The van der Waals surface area contributed by atoms with Crippen molar-refractivity contribution in [3.63, 3.8) is 0 Å². The average Bonchev–Trinajstić information content (AvgIpc) is 2.52. The molecule has 0 spiro atoms. The van der Waals surface area contributed by atoms with Crippen LogP contribution in [0.25, 0.3) is 0 Å². The number of alkyl halides is 4. The van der Waals surface area contributed by atoms with E-state index in [0.717, 1.165) is 25.7 Å². The molecule has 0 saturated carbocycles. The van der Waals surface area contributed by atoms with Gasteiger partial charge in [0.25, 0.3) is 0 Å². The molecule has 0 radical (unpaired) electrons. The van der Waals surface area contributed by atoms with Crippen LogP contribution in [-0.4, -0.2) is 36.7 Å². The zero-order valence-electron chi connectivity index (χ0n) is 15.0. The van der Waals surface area contributed by atoms with Crippen molar-refractivity contribution in [1.29, 1.82) is 0 Å². The van der Waals surface area contributed by atoms with Crippen LogP contribution in [0, 0.1) is 0 Å². The lowest BCUT2D eigenvalue weighted by Crippen LogP contribution is -2.46. The zero-order valence-corrected chi connectivity index (χ0v) is 15.8. The summed E-state index contributed by atoms with van der Waals surface area (Å²) in [5.41, 5.74) is 0. The highest BCUT2D eigenvalue weighted by Crippen LogP contribution is 2.41. The second-order valence-corrected chi connectivity index (χ2v) is 7.71. The summed E-state index contributed by atoms with van der Waals surface area (Å²) in [4.78, 5) is 11.4. The normalized spacial score (nSPS) is 13.0. The summed E-state index contributed by atoms with van der Waals surface area (Å²) < 4.78 is 86.0. The van der Waals surface area contributed by atoms with E-state index in [0.29, 0.717) is 6.42 Å². The predicted octanol–water partition coefficient (Wildman–Crippen LogP) is 4.96. The maximum absolute atomic E-state index is 13.2. The largest absolute Gasteiger partial charge is 0.466 e. The third-order valence-corrected chi connectivity index (χ3v) is 4.83. The molecule has 0 rings (SSSR count). The molecule has 0 unspecified atom stereocenters. The molecule has 0 aromatic carbocycles. The van der Waals surface area contributed by atoms with Gasteiger partial charge in [0.15, 0.2) is 0 Å². The molecule has 0 bridgehead atoms. The fourth-order valence-corrected chi connectivity index (χ4v) is 2.75. The lowest BCUT2D eigenvalue weighted by Gasteiger charge is -2.23. The van der Waals surface area contributed by atoms with E-state index in [1.54, 1.807) is 0 Å². The molecule has 0 aromatic rings. The van der Waals surface area contributed by atoms with Crippen molar-refractivity contribution in [2.24, 2.45) is 0 Å². The van der Waals surface area contributed by atoms with E-state index >= 15 is 0 Å². The first kappa shape index (κ1) is 25.1. The smallest absolute Gasteiger partial charge is 0.431 e. The van der Waals surface area contributed by atoms with E-state index in [2.05, 4.69) is 6.92 Å². The SMILES string of the molecule is CCCCCCCCCC(=O)OCCCCC(F)(F)C(F)(F)S(=O)(=O)O. The third kappa shape index (κ3) is 9.16. The van der Waals surface area contributed by atoms with E-state index in [1.807, 2.05) is 0 Å². The van der Waals surface area contributed by atoms with Crippen LogP contribution in [0.4, 0.5) is 17.6 Å². The van der Waals surface area contributed by atoms with Crippen LogP contribution in [0.3, 0.4) is 0 Å². The second-order valence-electron chi connectivity index (χ2n) is 6.25. The molecule has 0 aliphatic rings. The Kier molecular flexibility index (Phi) is 11.3. The van der Waals surface area contributed by atoms with Crippen LogP contribution in [0.5, 0.6) is 0 Å². The number of hydrogen-bond acceptors (Lipinski definition) is 4. The van der Waals surface area contributed by atoms with Crippen LogP contribution in [0.1, 0.15) is 77.6 Å². The molecule has 0 aliphatic carbocycles. The quantitative estimate of drug-likeness (QED) is 0.179. The Labute approximate surface area is 152 Å². The minimum atomic E-state index is -6.21. The van der Waals surface area contributed by atoms with Gasteiger partial charge in [-0.3, -0.25) is 9.35 Å². The van der Waals surface area contributed by atoms with Gasteiger partial charge in [-0.05, 0) is 19.3 Å². The van der Waals surface area contributed by atoms with E-state index in [9.17, 15) is 30.8 Å². The fraction of sp³-hybridized carbons (Fsp3) is 0.938. The van der Waals surface area contributed by atoms with Gasteiger partial charge >= 0.3 is 27.3 Å². The molecule has 10 heteroatoms. The van der Waals surface area contributed by atoms with Crippen molar-refractivity contribution in [2.45, 2.75) is 88.7 Å². The number of carbonyl (C=O) groups excluding carboxylic acids is 1. The van der Waals surface area contributed by atoms with Gasteiger partial charge in [0.1, 0.15) is 0 Å². The van der Waals surface area contributed by atoms with Crippen LogP contribution < -0.4 is 0 Å². The summed E-state index contributed by atoms with van der Waals surface area (Å²) in [6.45, 7) is 1.92. The molecule has 0 heterocycles. The fourth-order valence-electron chi connectivity index (χ4n) is 2.27. The first-order valence-corrected chi connectivity index (χ1v) is 10.3. The Morgan fingerprint density at radius 3 is 2.00 bits per heavy atom. The van der Waals surface area contributed by atoms with Crippen LogP contribution >= 0.6 is 0 Å². The molecule has 0 saturated heterocycles. The summed E-state index contributed by atoms with van der Waals surface area (Å²) in [7, 11) is -6.21. The number of carbonyl (C=O) groups is 1. The van der Waals surface area contributed by atoms with Gasteiger partial charge in [0.05, 0.1) is 6.61 Å². The predicted molar refractivity (Wildman–Crippen MR) is 88.9 cm³/mol. The standard InChI is InChI=1S/C16H28F4O5S/c1-2-3-4-5-6-7-8-11-14(21)25-13-10-9-12-15(17,18)16(19,20)26(22,23)24/h2-13H2,1H3,(H,22,23,24). The maximum atomic E-state index is 13.2. The van der Waals surface area contributed by atoms with E-state index in [-0.39, 0.29) is 19.4 Å². The number of rotatable bonds is 15. The highest BCUT2D eigenvalue weighted by Gasteiger charge is 2.64. The highest BCUT2D eigenvalue weighted by atomic mass is 32.2. The molecule has 156 valence electrons. The Morgan fingerprint density at radius 1 is 0.923 bits per heavy atom. The summed E-state index contributed by atoms with van der Waals surface area (Å²) in [6.07, 6.45) is 5.41. The molecular weight excluding hydrogens is 380 g/mol. The number of hydrogen-bond donors (Lipinski definition) is 1. The minimum absolute atomic E-state index is 0.111. The van der Waals surface area contributed by atoms with Crippen LogP contribution in [0.15, 0.2) is 0 Å². The second kappa shape index (κ2) is 11.7. The van der Waals surface area contributed by atoms with Crippen molar-refractivity contribution < 1.29 is 40.1 Å². The molecular formula is C16H28F4O5S. The molecule has 1 N–H and O–H groups in total.